The maximum Gasteiger partial charge on any atom is 0.472 e. The first kappa shape index (κ1) is 53.9. The Hall–Kier alpha value is -2.10. The molecule has 0 aromatic rings. The highest BCUT2D eigenvalue weighted by atomic mass is 31.2. The van der Waals surface area contributed by atoms with E-state index in [-0.39, 0.29) is 13.0 Å². The third-order valence-electron chi connectivity index (χ3n) is 8.88. The molecule has 0 fully saturated rings. The molecule has 0 heterocycles. The van der Waals surface area contributed by atoms with Gasteiger partial charge in [-0.2, -0.15) is 0 Å². The number of aliphatic hydroxyl groups is 2. The highest BCUT2D eigenvalue weighted by Crippen LogP contribution is 2.43. The number of hydrogen-bond donors (Lipinski definition) is 3. The summed E-state index contributed by atoms with van der Waals surface area (Å²) in [6, 6.07) is 0. The number of unbranched alkanes of at least 4 members (excludes halogenated alkanes) is 15. The average molecular weight is 809 g/mol. The number of esters is 1. The van der Waals surface area contributed by atoms with Gasteiger partial charge >= 0.3 is 13.8 Å². The minimum absolute atomic E-state index is 0.0247. The molecule has 0 aliphatic heterocycles. The van der Waals surface area contributed by atoms with E-state index in [1.54, 1.807) is 0 Å². The Labute approximate surface area is 342 Å². The van der Waals surface area contributed by atoms with E-state index in [1.807, 2.05) is 0 Å². The van der Waals surface area contributed by atoms with Crippen molar-refractivity contribution in [2.75, 3.05) is 33.0 Å². The summed E-state index contributed by atoms with van der Waals surface area (Å²) in [6.07, 6.45) is 50.0. The second-order valence-electron chi connectivity index (χ2n) is 14.3. The first-order valence-electron chi connectivity index (χ1n) is 21.9. The molecule has 324 valence electrons. The summed E-state index contributed by atoms with van der Waals surface area (Å²) in [5, 5.41) is 18.3. The standard InChI is InChI=1S/C46H81O9P/c1-3-5-7-9-11-13-15-17-19-20-21-22-23-24-25-26-28-30-32-34-36-38-46(49)55-45(43-54-56(50,51)53-41-44(48)40-47)42-52-39-37-35-33-31-29-27-18-16-14-12-10-8-6-4-2/h6,8,12,14-15,17-18,20-21,23-24,27,44-45,47-48H,3-5,7,9-11,13,16,19,22,25-26,28-43H2,1-2H3,(H,50,51)/b8-6-,14-12-,17-15-,21-20-,24-23-,27-18-. The zero-order chi connectivity index (χ0) is 41.1. The fourth-order valence-corrected chi connectivity index (χ4v) is 6.34. The summed E-state index contributed by atoms with van der Waals surface area (Å²) in [5.74, 6) is -0.406. The van der Waals surface area contributed by atoms with E-state index in [1.165, 1.54) is 38.5 Å². The molecule has 0 saturated heterocycles. The Balaban J connectivity index is 4.23. The SMILES string of the molecule is CC/C=C\C/C=C\C/C=C\CCCCCCOCC(COP(=O)(O)OCC(O)CO)OC(=O)CCCCCCCC/C=C\C/C=C\C/C=C\CCCCCCC. The van der Waals surface area contributed by atoms with Crippen LogP contribution < -0.4 is 0 Å². The van der Waals surface area contributed by atoms with Crippen molar-refractivity contribution in [2.24, 2.45) is 0 Å². The van der Waals surface area contributed by atoms with Gasteiger partial charge in [0.25, 0.3) is 0 Å². The van der Waals surface area contributed by atoms with Gasteiger partial charge < -0.3 is 24.6 Å². The number of rotatable bonds is 41. The van der Waals surface area contributed by atoms with E-state index >= 15 is 0 Å². The van der Waals surface area contributed by atoms with Crippen molar-refractivity contribution in [1.29, 1.82) is 0 Å². The molecule has 0 aliphatic carbocycles. The molecular weight excluding hydrogens is 727 g/mol. The summed E-state index contributed by atoms with van der Waals surface area (Å²) in [4.78, 5) is 22.6. The van der Waals surface area contributed by atoms with E-state index in [9.17, 15) is 19.4 Å². The van der Waals surface area contributed by atoms with Gasteiger partial charge in [-0.1, -0.05) is 151 Å². The molecule has 0 rings (SSSR count). The van der Waals surface area contributed by atoms with Gasteiger partial charge in [-0.3, -0.25) is 13.8 Å². The van der Waals surface area contributed by atoms with Gasteiger partial charge in [0, 0.05) is 13.0 Å². The zero-order valence-electron chi connectivity index (χ0n) is 35.3. The van der Waals surface area contributed by atoms with Crippen molar-refractivity contribution in [1.82, 2.24) is 0 Å². The molecule has 0 aromatic carbocycles. The van der Waals surface area contributed by atoms with Crippen LogP contribution in [-0.2, 0) is 27.9 Å². The third kappa shape index (κ3) is 41.5. The predicted octanol–water partition coefficient (Wildman–Crippen LogP) is 12.1. The average Bonchev–Trinajstić information content (AvgIpc) is 3.19. The van der Waals surface area contributed by atoms with Crippen LogP contribution in [0.3, 0.4) is 0 Å². The number of carbonyl (C=O) groups excluding carboxylic acids is 1. The highest BCUT2D eigenvalue weighted by molar-refractivity contribution is 7.47. The summed E-state index contributed by atoms with van der Waals surface area (Å²) in [5.41, 5.74) is 0. The number of carbonyl (C=O) groups is 1. The van der Waals surface area contributed by atoms with E-state index in [4.69, 9.17) is 23.6 Å². The molecule has 9 nitrogen and oxygen atoms in total. The Morgan fingerprint density at radius 3 is 1.54 bits per heavy atom. The van der Waals surface area contributed by atoms with Crippen LogP contribution in [0, 0.1) is 0 Å². The second-order valence-corrected chi connectivity index (χ2v) is 15.8. The van der Waals surface area contributed by atoms with Crippen LogP contribution >= 0.6 is 7.82 Å². The quantitative estimate of drug-likeness (QED) is 0.0239. The zero-order valence-corrected chi connectivity index (χ0v) is 36.2. The first-order valence-corrected chi connectivity index (χ1v) is 23.4. The lowest BCUT2D eigenvalue weighted by atomic mass is 10.1. The van der Waals surface area contributed by atoms with E-state index in [0.717, 1.165) is 103 Å². The van der Waals surface area contributed by atoms with Crippen molar-refractivity contribution in [2.45, 2.75) is 180 Å². The molecular formula is C46H81O9P. The fraction of sp³-hybridized carbons (Fsp3) is 0.717. The Morgan fingerprint density at radius 1 is 0.571 bits per heavy atom. The lowest BCUT2D eigenvalue weighted by molar-refractivity contribution is -0.154. The summed E-state index contributed by atoms with van der Waals surface area (Å²) in [6.45, 7) is 3.30. The molecule has 3 N–H and O–H groups in total. The van der Waals surface area contributed by atoms with Crippen molar-refractivity contribution in [3.8, 4) is 0 Å². The fourth-order valence-electron chi connectivity index (χ4n) is 5.55. The van der Waals surface area contributed by atoms with Gasteiger partial charge in [0.05, 0.1) is 26.4 Å². The molecule has 3 atom stereocenters. The number of phosphoric ester groups is 1. The minimum Gasteiger partial charge on any atom is -0.457 e. The van der Waals surface area contributed by atoms with E-state index < -0.39 is 45.8 Å². The van der Waals surface area contributed by atoms with Crippen LogP contribution in [-0.4, -0.2) is 66.3 Å². The summed E-state index contributed by atoms with van der Waals surface area (Å²) >= 11 is 0. The Morgan fingerprint density at radius 2 is 1.02 bits per heavy atom. The van der Waals surface area contributed by atoms with Crippen LogP contribution in [0.15, 0.2) is 72.9 Å². The van der Waals surface area contributed by atoms with Crippen molar-refractivity contribution < 1.29 is 43.0 Å². The monoisotopic (exact) mass is 809 g/mol. The van der Waals surface area contributed by atoms with Crippen LogP contribution in [0.1, 0.15) is 168 Å². The van der Waals surface area contributed by atoms with Crippen LogP contribution in [0.2, 0.25) is 0 Å². The number of ether oxygens (including phenoxy) is 2. The normalized spacial score (nSPS) is 14.7. The number of allylic oxidation sites excluding steroid dienone is 12. The predicted molar refractivity (Wildman–Crippen MR) is 233 cm³/mol. The van der Waals surface area contributed by atoms with E-state index in [2.05, 4.69) is 86.8 Å². The maximum atomic E-state index is 12.6. The lowest BCUT2D eigenvalue weighted by Gasteiger charge is -2.20. The Kier molecular flexibility index (Phi) is 40.9. The van der Waals surface area contributed by atoms with Crippen molar-refractivity contribution in [3.63, 3.8) is 0 Å². The summed E-state index contributed by atoms with van der Waals surface area (Å²) < 4.78 is 33.3. The molecule has 10 heteroatoms. The molecule has 56 heavy (non-hydrogen) atoms. The largest absolute Gasteiger partial charge is 0.472 e. The molecule has 0 aliphatic rings. The maximum absolute atomic E-state index is 12.6. The van der Waals surface area contributed by atoms with Gasteiger partial charge in [0.15, 0.2) is 0 Å². The van der Waals surface area contributed by atoms with Crippen LogP contribution in [0.4, 0.5) is 0 Å². The van der Waals surface area contributed by atoms with Crippen LogP contribution in [0.5, 0.6) is 0 Å². The van der Waals surface area contributed by atoms with Gasteiger partial charge in [0.2, 0.25) is 0 Å². The second kappa shape index (κ2) is 42.5. The van der Waals surface area contributed by atoms with Gasteiger partial charge in [-0.05, 0) is 83.5 Å². The topological polar surface area (TPSA) is 132 Å². The molecule has 3 unspecified atom stereocenters. The molecule has 0 spiro atoms. The molecule has 0 amide bonds. The third-order valence-corrected chi connectivity index (χ3v) is 9.83. The van der Waals surface area contributed by atoms with Gasteiger partial charge in [-0.15, -0.1) is 0 Å². The smallest absolute Gasteiger partial charge is 0.457 e. The molecule has 0 bridgehead atoms. The Bertz CT molecular complexity index is 1100. The molecule has 0 radical (unpaired) electrons. The summed E-state index contributed by atoms with van der Waals surface area (Å²) in [7, 11) is -4.53. The molecule has 0 saturated carbocycles. The van der Waals surface area contributed by atoms with E-state index in [0.29, 0.717) is 13.0 Å². The number of phosphoric acid groups is 1. The highest BCUT2D eigenvalue weighted by Gasteiger charge is 2.26. The minimum atomic E-state index is -4.53. The lowest BCUT2D eigenvalue weighted by Crippen LogP contribution is -2.29. The van der Waals surface area contributed by atoms with Gasteiger partial charge in [0.1, 0.15) is 12.2 Å². The number of aliphatic hydroxyl groups excluding tert-OH is 2. The van der Waals surface area contributed by atoms with Crippen molar-refractivity contribution >= 4 is 13.8 Å². The first-order chi connectivity index (χ1) is 27.3. The van der Waals surface area contributed by atoms with Crippen molar-refractivity contribution in [3.05, 3.63) is 72.9 Å². The number of hydrogen-bond acceptors (Lipinski definition) is 8. The van der Waals surface area contributed by atoms with Gasteiger partial charge in [-0.25, -0.2) is 4.57 Å². The molecule has 0 aromatic heterocycles. The van der Waals surface area contributed by atoms with Crippen LogP contribution in [0.25, 0.3) is 0 Å².